The smallest absolute Gasteiger partial charge is 0.276 e. The second kappa shape index (κ2) is 6.50. The van der Waals surface area contributed by atoms with E-state index in [1.165, 1.54) is 18.5 Å². The van der Waals surface area contributed by atoms with Crippen LogP contribution in [0.25, 0.3) is 0 Å². The van der Waals surface area contributed by atoms with Crippen molar-refractivity contribution >= 4 is 5.91 Å². The molecule has 1 aliphatic rings. The van der Waals surface area contributed by atoms with Crippen LogP contribution in [0.1, 0.15) is 47.7 Å². The number of hydrogen-bond donors (Lipinski definition) is 0. The van der Waals surface area contributed by atoms with E-state index in [-0.39, 0.29) is 23.7 Å². The Morgan fingerprint density at radius 1 is 1.35 bits per heavy atom. The standard InChI is InChI=1S/C17H19FN2O3/c1-11(2)16-15(19-10-23-16)17(21)20-7-8-22-14(9-20)12-3-5-13(18)6-4-12/h3-6,10-11,14H,7-9H2,1-2H3/t14-/m0/s1. The molecule has 1 aromatic heterocycles. The Morgan fingerprint density at radius 2 is 2.09 bits per heavy atom. The SMILES string of the molecule is CC(C)c1ocnc1C(=O)N1CCO[C@H](c2ccc(F)cc2)C1. The second-order valence-corrected chi connectivity index (χ2v) is 5.88. The number of rotatable bonds is 3. The zero-order valence-corrected chi connectivity index (χ0v) is 13.2. The number of ether oxygens (including phenoxy) is 1. The van der Waals surface area contributed by atoms with Crippen LogP contribution in [0.3, 0.4) is 0 Å². The van der Waals surface area contributed by atoms with E-state index in [4.69, 9.17) is 9.15 Å². The van der Waals surface area contributed by atoms with E-state index in [9.17, 15) is 9.18 Å². The Morgan fingerprint density at radius 3 is 2.78 bits per heavy atom. The highest BCUT2D eigenvalue weighted by Gasteiger charge is 2.29. The molecule has 0 spiro atoms. The van der Waals surface area contributed by atoms with Crippen molar-refractivity contribution in [1.29, 1.82) is 0 Å². The number of morpholine rings is 1. The monoisotopic (exact) mass is 318 g/mol. The first-order valence-corrected chi connectivity index (χ1v) is 7.66. The predicted octanol–water partition coefficient (Wildman–Crippen LogP) is 3.15. The zero-order chi connectivity index (χ0) is 16.4. The van der Waals surface area contributed by atoms with Gasteiger partial charge >= 0.3 is 0 Å². The summed E-state index contributed by atoms with van der Waals surface area (Å²) in [6.07, 6.45) is 1.04. The number of benzene rings is 1. The van der Waals surface area contributed by atoms with Gasteiger partial charge in [-0.2, -0.15) is 0 Å². The number of oxazole rings is 1. The third-order valence-corrected chi connectivity index (χ3v) is 3.92. The molecule has 0 unspecified atom stereocenters. The zero-order valence-electron chi connectivity index (χ0n) is 13.2. The summed E-state index contributed by atoms with van der Waals surface area (Å²) in [6, 6.07) is 6.16. The first kappa shape index (κ1) is 15.7. The molecule has 5 nitrogen and oxygen atoms in total. The molecule has 3 rings (SSSR count). The van der Waals surface area contributed by atoms with Gasteiger partial charge < -0.3 is 14.1 Å². The molecule has 6 heteroatoms. The lowest BCUT2D eigenvalue weighted by atomic mass is 10.1. The average Bonchev–Trinajstić information content (AvgIpc) is 3.05. The molecular formula is C17H19FN2O3. The molecule has 1 aliphatic heterocycles. The third-order valence-electron chi connectivity index (χ3n) is 3.92. The predicted molar refractivity (Wildman–Crippen MR) is 81.6 cm³/mol. The number of amides is 1. The van der Waals surface area contributed by atoms with Gasteiger partial charge in [0.1, 0.15) is 17.7 Å². The summed E-state index contributed by atoms with van der Waals surface area (Å²) in [5.74, 6) is 0.240. The minimum Gasteiger partial charge on any atom is -0.447 e. The maximum absolute atomic E-state index is 13.0. The van der Waals surface area contributed by atoms with Gasteiger partial charge in [0.25, 0.3) is 5.91 Å². The number of aromatic nitrogens is 1. The number of nitrogens with zero attached hydrogens (tertiary/aromatic N) is 2. The Hall–Kier alpha value is -2.21. The van der Waals surface area contributed by atoms with Gasteiger partial charge in [0.2, 0.25) is 0 Å². The first-order chi connectivity index (χ1) is 11.1. The summed E-state index contributed by atoms with van der Waals surface area (Å²) in [7, 11) is 0. The topological polar surface area (TPSA) is 55.6 Å². The van der Waals surface area contributed by atoms with E-state index in [1.807, 2.05) is 13.8 Å². The minimum absolute atomic E-state index is 0.0883. The highest BCUT2D eigenvalue weighted by Crippen LogP contribution is 2.25. The molecular weight excluding hydrogens is 299 g/mol. The summed E-state index contributed by atoms with van der Waals surface area (Å²) < 4.78 is 24.1. The van der Waals surface area contributed by atoms with Crippen molar-refractivity contribution in [3.8, 4) is 0 Å². The van der Waals surface area contributed by atoms with E-state index < -0.39 is 0 Å². The van der Waals surface area contributed by atoms with Crippen molar-refractivity contribution in [2.75, 3.05) is 19.7 Å². The molecule has 1 amide bonds. The average molecular weight is 318 g/mol. The number of carbonyl (C=O) groups excluding carboxylic acids is 1. The summed E-state index contributed by atoms with van der Waals surface area (Å²) in [5.41, 5.74) is 1.22. The van der Waals surface area contributed by atoms with Crippen LogP contribution in [0.5, 0.6) is 0 Å². The lowest BCUT2D eigenvalue weighted by Crippen LogP contribution is -2.42. The summed E-state index contributed by atoms with van der Waals surface area (Å²) in [6.45, 7) is 5.26. The van der Waals surface area contributed by atoms with Crippen LogP contribution in [0.4, 0.5) is 4.39 Å². The normalized spacial score (nSPS) is 18.4. The molecule has 2 heterocycles. The molecule has 0 N–H and O–H groups in total. The molecule has 1 atom stereocenters. The Labute approximate surface area is 134 Å². The minimum atomic E-state index is -0.290. The van der Waals surface area contributed by atoms with E-state index in [1.54, 1.807) is 17.0 Å². The Balaban J connectivity index is 1.76. The highest BCUT2D eigenvalue weighted by molar-refractivity contribution is 5.93. The Kier molecular flexibility index (Phi) is 4.43. The van der Waals surface area contributed by atoms with Gasteiger partial charge in [0.15, 0.2) is 12.1 Å². The molecule has 0 aliphatic carbocycles. The van der Waals surface area contributed by atoms with E-state index in [2.05, 4.69) is 4.98 Å². The van der Waals surface area contributed by atoms with Crippen molar-refractivity contribution in [1.82, 2.24) is 9.88 Å². The second-order valence-electron chi connectivity index (χ2n) is 5.88. The summed E-state index contributed by atoms with van der Waals surface area (Å²) >= 11 is 0. The van der Waals surface area contributed by atoms with Crippen molar-refractivity contribution in [2.45, 2.75) is 25.9 Å². The molecule has 0 saturated carbocycles. The van der Waals surface area contributed by atoms with Crippen LogP contribution in [0.2, 0.25) is 0 Å². The van der Waals surface area contributed by atoms with Gasteiger partial charge in [-0.05, 0) is 17.7 Å². The molecule has 2 aromatic rings. The van der Waals surface area contributed by atoms with Gasteiger partial charge in [-0.25, -0.2) is 9.37 Å². The Bertz CT molecular complexity index is 681. The summed E-state index contributed by atoms with van der Waals surface area (Å²) in [5, 5.41) is 0. The fourth-order valence-corrected chi connectivity index (χ4v) is 2.69. The van der Waals surface area contributed by atoms with Crippen molar-refractivity contribution < 1.29 is 18.3 Å². The van der Waals surface area contributed by atoms with Crippen LogP contribution in [0, 0.1) is 5.82 Å². The third kappa shape index (κ3) is 3.27. The molecule has 1 aromatic carbocycles. The van der Waals surface area contributed by atoms with Gasteiger partial charge in [-0.1, -0.05) is 26.0 Å². The fourth-order valence-electron chi connectivity index (χ4n) is 2.69. The van der Waals surface area contributed by atoms with Crippen LogP contribution < -0.4 is 0 Å². The van der Waals surface area contributed by atoms with Crippen LogP contribution in [-0.2, 0) is 4.74 Å². The van der Waals surface area contributed by atoms with Crippen molar-refractivity contribution in [3.05, 3.63) is 53.5 Å². The molecule has 122 valence electrons. The molecule has 23 heavy (non-hydrogen) atoms. The maximum atomic E-state index is 13.0. The number of halogens is 1. The van der Waals surface area contributed by atoms with Crippen molar-refractivity contribution in [2.24, 2.45) is 0 Å². The van der Waals surface area contributed by atoms with Crippen LogP contribution >= 0.6 is 0 Å². The highest BCUT2D eigenvalue weighted by atomic mass is 19.1. The van der Waals surface area contributed by atoms with Gasteiger partial charge in [0.05, 0.1) is 13.2 Å². The van der Waals surface area contributed by atoms with Gasteiger partial charge in [0, 0.05) is 12.5 Å². The molecule has 1 fully saturated rings. The largest absolute Gasteiger partial charge is 0.447 e. The molecule has 1 saturated heterocycles. The van der Waals surface area contributed by atoms with E-state index in [0.29, 0.717) is 31.2 Å². The molecule has 0 radical (unpaired) electrons. The molecule has 0 bridgehead atoms. The van der Waals surface area contributed by atoms with Crippen LogP contribution in [-0.4, -0.2) is 35.5 Å². The van der Waals surface area contributed by atoms with E-state index >= 15 is 0 Å². The lowest BCUT2D eigenvalue weighted by Gasteiger charge is -2.33. The lowest BCUT2D eigenvalue weighted by molar-refractivity contribution is -0.0231. The number of carbonyl (C=O) groups is 1. The maximum Gasteiger partial charge on any atom is 0.276 e. The van der Waals surface area contributed by atoms with Crippen molar-refractivity contribution in [3.63, 3.8) is 0 Å². The quantitative estimate of drug-likeness (QED) is 0.872. The summed E-state index contributed by atoms with van der Waals surface area (Å²) in [4.78, 5) is 18.5. The first-order valence-electron chi connectivity index (χ1n) is 7.66. The number of hydrogen-bond acceptors (Lipinski definition) is 4. The van der Waals surface area contributed by atoms with Crippen LogP contribution in [0.15, 0.2) is 35.1 Å². The fraction of sp³-hybridized carbons (Fsp3) is 0.412. The van der Waals surface area contributed by atoms with Gasteiger partial charge in [-0.15, -0.1) is 0 Å². The van der Waals surface area contributed by atoms with E-state index in [0.717, 1.165) is 5.56 Å². The van der Waals surface area contributed by atoms with Gasteiger partial charge in [-0.3, -0.25) is 4.79 Å².